The molecular formula is C19H28N2O5S. The quantitative estimate of drug-likeness (QED) is 0.734. The van der Waals surface area contributed by atoms with Gasteiger partial charge in [-0.2, -0.15) is 4.31 Å². The number of nitrogens with zero attached hydrogens (tertiary/aromatic N) is 1. The van der Waals surface area contributed by atoms with Crippen LogP contribution in [0.1, 0.15) is 38.7 Å². The summed E-state index contributed by atoms with van der Waals surface area (Å²) in [6, 6.07) is 5.78. The van der Waals surface area contributed by atoms with Gasteiger partial charge in [0, 0.05) is 19.0 Å². The largest absolute Gasteiger partial charge is 0.480 e. The summed E-state index contributed by atoms with van der Waals surface area (Å²) in [5.74, 6) is -1.90. The third kappa shape index (κ3) is 5.07. The lowest BCUT2D eigenvalue weighted by Crippen LogP contribution is -2.49. The number of benzene rings is 1. The number of piperidine rings is 1. The van der Waals surface area contributed by atoms with Crippen LogP contribution in [0.4, 0.5) is 0 Å². The first kappa shape index (κ1) is 21.4. The monoisotopic (exact) mass is 396 g/mol. The average Bonchev–Trinajstić information content (AvgIpc) is 2.65. The molecule has 0 aliphatic carbocycles. The summed E-state index contributed by atoms with van der Waals surface area (Å²) in [6.45, 7) is 6.05. The highest BCUT2D eigenvalue weighted by Crippen LogP contribution is 2.24. The number of amides is 1. The number of hydrogen-bond acceptors (Lipinski definition) is 4. The van der Waals surface area contributed by atoms with Crippen molar-refractivity contribution < 1.29 is 23.1 Å². The van der Waals surface area contributed by atoms with Crippen LogP contribution >= 0.6 is 0 Å². The second-order valence-corrected chi connectivity index (χ2v) is 9.14. The van der Waals surface area contributed by atoms with E-state index in [0.717, 1.165) is 5.56 Å². The SMILES string of the molecule is CC[C@H](C)[C@H](NC(=O)C1CCN(S(=O)(=O)c2ccc(C)cc2)CC1)C(=O)O. The molecule has 1 fully saturated rings. The molecule has 2 N–H and O–H groups in total. The van der Waals surface area contributed by atoms with Crippen LogP contribution < -0.4 is 5.32 Å². The van der Waals surface area contributed by atoms with E-state index in [4.69, 9.17) is 0 Å². The predicted molar refractivity (Wildman–Crippen MR) is 102 cm³/mol. The van der Waals surface area contributed by atoms with Crippen molar-refractivity contribution in [2.75, 3.05) is 13.1 Å². The highest BCUT2D eigenvalue weighted by Gasteiger charge is 2.34. The van der Waals surface area contributed by atoms with Gasteiger partial charge in [0.25, 0.3) is 0 Å². The highest BCUT2D eigenvalue weighted by atomic mass is 32.2. The minimum Gasteiger partial charge on any atom is -0.480 e. The summed E-state index contributed by atoms with van der Waals surface area (Å²) in [6.07, 6.45) is 1.40. The molecule has 1 aromatic carbocycles. The van der Waals surface area contributed by atoms with Gasteiger partial charge in [-0.25, -0.2) is 13.2 Å². The van der Waals surface area contributed by atoms with Crippen LogP contribution in [0.15, 0.2) is 29.2 Å². The minimum absolute atomic E-state index is 0.173. The highest BCUT2D eigenvalue weighted by molar-refractivity contribution is 7.89. The van der Waals surface area contributed by atoms with Crippen LogP contribution in [0.5, 0.6) is 0 Å². The fourth-order valence-corrected chi connectivity index (χ4v) is 4.64. The fourth-order valence-electron chi connectivity index (χ4n) is 3.17. The third-order valence-electron chi connectivity index (χ3n) is 5.26. The number of nitrogens with one attached hydrogen (secondary N) is 1. The van der Waals surface area contributed by atoms with Gasteiger partial charge in [0.1, 0.15) is 6.04 Å². The molecule has 1 aromatic rings. The van der Waals surface area contributed by atoms with E-state index in [-0.39, 0.29) is 35.7 Å². The first-order chi connectivity index (χ1) is 12.7. The minimum atomic E-state index is -3.57. The van der Waals surface area contributed by atoms with Crippen LogP contribution in [0.25, 0.3) is 0 Å². The molecule has 0 aromatic heterocycles. The summed E-state index contributed by atoms with van der Waals surface area (Å²) in [5.41, 5.74) is 0.985. The van der Waals surface area contributed by atoms with Gasteiger partial charge in [0.2, 0.25) is 15.9 Å². The molecule has 2 atom stereocenters. The molecule has 0 bridgehead atoms. The van der Waals surface area contributed by atoms with Crippen LogP contribution in [0, 0.1) is 18.8 Å². The van der Waals surface area contributed by atoms with Crippen molar-refractivity contribution in [1.82, 2.24) is 9.62 Å². The maximum atomic E-state index is 12.7. The van der Waals surface area contributed by atoms with Crippen molar-refractivity contribution >= 4 is 21.9 Å². The van der Waals surface area contributed by atoms with E-state index in [1.165, 1.54) is 4.31 Å². The van der Waals surface area contributed by atoms with Crippen LogP contribution in [-0.2, 0) is 19.6 Å². The lowest BCUT2D eigenvalue weighted by molar-refractivity contribution is -0.144. The Kier molecular flexibility index (Phi) is 7.00. The Bertz CT molecular complexity index is 768. The molecule has 0 unspecified atom stereocenters. The molecule has 1 saturated heterocycles. The lowest BCUT2D eigenvalue weighted by atomic mass is 9.94. The zero-order valence-corrected chi connectivity index (χ0v) is 16.8. The molecule has 0 saturated carbocycles. The first-order valence-corrected chi connectivity index (χ1v) is 10.7. The van der Waals surface area contributed by atoms with Gasteiger partial charge < -0.3 is 10.4 Å². The Morgan fingerprint density at radius 1 is 1.22 bits per heavy atom. The number of rotatable bonds is 7. The maximum Gasteiger partial charge on any atom is 0.326 e. The van der Waals surface area contributed by atoms with E-state index in [0.29, 0.717) is 19.3 Å². The van der Waals surface area contributed by atoms with Gasteiger partial charge in [-0.15, -0.1) is 0 Å². The molecule has 150 valence electrons. The number of hydrogen-bond donors (Lipinski definition) is 2. The number of aliphatic carboxylic acids is 1. The van der Waals surface area contributed by atoms with Gasteiger partial charge in [-0.3, -0.25) is 4.79 Å². The van der Waals surface area contributed by atoms with Crippen molar-refractivity contribution in [3.63, 3.8) is 0 Å². The maximum absolute atomic E-state index is 12.7. The van der Waals surface area contributed by atoms with Gasteiger partial charge in [-0.05, 0) is 37.8 Å². The summed E-state index contributed by atoms with van der Waals surface area (Å²) in [7, 11) is -3.57. The second kappa shape index (κ2) is 8.84. The van der Waals surface area contributed by atoms with Crippen molar-refractivity contribution in [2.24, 2.45) is 11.8 Å². The van der Waals surface area contributed by atoms with Crippen LogP contribution in [0.2, 0.25) is 0 Å². The number of carboxylic acid groups (broad SMARTS) is 1. The molecule has 1 amide bonds. The van der Waals surface area contributed by atoms with Gasteiger partial charge in [-0.1, -0.05) is 38.0 Å². The standard InChI is InChI=1S/C19H28N2O5S/c1-4-14(3)17(19(23)24)20-18(22)15-9-11-21(12-10-15)27(25,26)16-7-5-13(2)6-8-16/h5-8,14-15,17H,4,9-12H2,1-3H3,(H,20,22)(H,23,24)/t14-,17-/m0/s1. The van der Waals surface area contributed by atoms with Crippen LogP contribution in [0.3, 0.4) is 0 Å². The summed E-state index contributed by atoms with van der Waals surface area (Å²) < 4.78 is 26.8. The number of aryl methyl sites for hydroxylation is 1. The molecule has 1 aliphatic heterocycles. The zero-order chi connectivity index (χ0) is 20.2. The van der Waals surface area contributed by atoms with E-state index < -0.39 is 22.0 Å². The van der Waals surface area contributed by atoms with Gasteiger partial charge in [0.15, 0.2) is 0 Å². The van der Waals surface area contributed by atoms with Gasteiger partial charge in [0.05, 0.1) is 4.90 Å². The van der Waals surface area contributed by atoms with Crippen LogP contribution in [-0.4, -0.2) is 48.8 Å². The second-order valence-electron chi connectivity index (χ2n) is 7.20. The molecule has 7 nitrogen and oxygen atoms in total. The molecule has 0 spiro atoms. The Morgan fingerprint density at radius 3 is 2.26 bits per heavy atom. The number of carbonyl (C=O) groups is 2. The van der Waals surface area contributed by atoms with E-state index in [9.17, 15) is 23.1 Å². The Hall–Kier alpha value is -1.93. The normalized spacial score (nSPS) is 18.6. The molecule has 0 radical (unpaired) electrons. The summed E-state index contributed by atoms with van der Waals surface area (Å²) >= 11 is 0. The predicted octanol–water partition coefficient (Wildman–Crippen LogP) is 2.01. The van der Waals surface area contributed by atoms with E-state index in [1.54, 1.807) is 31.2 Å². The Balaban J connectivity index is 1.99. The first-order valence-electron chi connectivity index (χ1n) is 9.26. The van der Waals surface area contributed by atoms with E-state index in [1.807, 2.05) is 13.8 Å². The number of carboxylic acids is 1. The summed E-state index contributed by atoms with van der Waals surface area (Å²) in [5, 5.41) is 11.9. The molecule has 8 heteroatoms. The van der Waals surface area contributed by atoms with E-state index in [2.05, 4.69) is 5.32 Å². The fraction of sp³-hybridized carbons (Fsp3) is 0.579. The smallest absolute Gasteiger partial charge is 0.326 e. The topological polar surface area (TPSA) is 104 Å². The summed E-state index contributed by atoms with van der Waals surface area (Å²) in [4.78, 5) is 24.1. The molecular weight excluding hydrogens is 368 g/mol. The van der Waals surface area contributed by atoms with Crippen molar-refractivity contribution in [2.45, 2.75) is 51.0 Å². The zero-order valence-electron chi connectivity index (χ0n) is 16.0. The third-order valence-corrected chi connectivity index (χ3v) is 7.17. The van der Waals surface area contributed by atoms with Crippen molar-refractivity contribution in [1.29, 1.82) is 0 Å². The Labute approximate surface area is 160 Å². The lowest BCUT2D eigenvalue weighted by Gasteiger charge is -2.31. The van der Waals surface area contributed by atoms with Crippen molar-refractivity contribution in [3.8, 4) is 0 Å². The van der Waals surface area contributed by atoms with E-state index >= 15 is 0 Å². The number of carbonyl (C=O) groups excluding carboxylic acids is 1. The average molecular weight is 397 g/mol. The molecule has 27 heavy (non-hydrogen) atoms. The van der Waals surface area contributed by atoms with Gasteiger partial charge >= 0.3 is 5.97 Å². The number of sulfonamides is 1. The molecule has 1 heterocycles. The molecule has 2 rings (SSSR count). The van der Waals surface area contributed by atoms with Crippen molar-refractivity contribution in [3.05, 3.63) is 29.8 Å². The molecule has 1 aliphatic rings. The Morgan fingerprint density at radius 2 is 1.78 bits per heavy atom.